The SMILES string of the molecule is CC/C=C/C/C=C/C/C=C/CCCCCCCC(=O)O[C@H](COC(=O)/C=C/C=C/CCCCCCCCCCCCC)COP(=O)(O)O. The molecule has 0 spiro atoms. The van der Waals surface area contributed by atoms with E-state index in [4.69, 9.17) is 19.3 Å². The van der Waals surface area contributed by atoms with Gasteiger partial charge in [-0.05, 0) is 51.4 Å². The molecule has 48 heavy (non-hydrogen) atoms. The highest BCUT2D eigenvalue weighted by Crippen LogP contribution is 2.35. The lowest BCUT2D eigenvalue weighted by atomic mass is 10.1. The molecule has 1 atom stereocenters. The van der Waals surface area contributed by atoms with Crippen LogP contribution in [-0.2, 0) is 28.2 Å². The molecule has 0 fully saturated rings. The third-order valence-corrected chi connectivity index (χ3v) is 8.11. The van der Waals surface area contributed by atoms with Crippen LogP contribution in [0.15, 0.2) is 60.8 Å². The van der Waals surface area contributed by atoms with Gasteiger partial charge in [0.15, 0.2) is 6.10 Å². The maximum absolute atomic E-state index is 12.3. The quantitative estimate of drug-likeness (QED) is 0.0174. The zero-order valence-electron chi connectivity index (χ0n) is 30.1. The Labute approximate surface area is 292 Å². The zero-order chi connectivity index (χ0) is 35.4. The van der Waals surface area contributed by atoms with E-state index in [1.807, 2.05) is 6.08 Å². The van der Waals surface area contributed by atoms with E-state index in [1.54, 1.807) is 12.2 Å². The maximum Gasteiger partial charge on any atom is 0.469 e. The van der Waals surface area contributed by atoms with Gasteiger partial charge in [0.25, 0.3) is 0 Å². The smallest absolute Gasteiger partial charge is 0.458 e. The lowest BCUT2D eigenvalue weighted by molar-refractivity contribution is -0.159. The lowest BCUT2D eigenvalue weighted by Crippen LogP contribution is -2.29. The first-order chi connectivity index (χ1) is 23.3. The molecular formula is C39H67O8P. The Morgan fingerprint density at radius 3 is 1.73 bits per heavy atom. The second kappa shape index (κ2) is 34.6. The predicted molar refractivity (Wildman–Crippen MR) is 197 cm³/mol. The van der Waals surface area contributed by atoms with Crippen LogP contribution in [-0.4, -0.2) is 41.0 Å². The highest BCUT2D eigenvalue weighted by Gasteiger charge is 2.22. The Balaban J connectivity index is 4.11. The average molecular weight is 695 g/mol. The highest BCUT2D eigenvalue weighted by atomic mass is 31.2. The molecule has 2 N–H and O–H groups in total. The van der Waals surface area contributed by atoms with E-state index in [1.165, 1.54) is 70.3 Å². The summed E-state index contributed by atoms with van der Waals surface area (Å²) in [6.07, 6.45) is 42.8. The molecule has 276 valence electrons. The van der Waals surface area contributed by atoms with Crippen LogP contribution >= 0.6 is 7.82 Å². The molecular weight excluding hydrogens is 627 g/mol. The number of rotatable bonds is 33. The number of esters is 2. The van der Waals surface area contributed by atoms with E-state index < -0.39 is 32.5 Å². The number of allylic oxidation sites excluding steroid dienone is 9. The van der Waals surface area contributed by atoms with Crippen molar-refractivity contribution in [3.63, 3.8) is 0 Å². The Bertz CT molecular complexity index is 963. The third kappa shape index (κ3) is 36.6. The molecule has 0 saturated carbocycles. The van der Waals surface area contributed by atoms with Crippen molar-refractivity contribution in [2.24, 2.45) is 0 Å². The van der Waals surface area contributed by atoms with Gasteiger partial charge in [-0.3, -0.25) is 9.32 Å². The number of ether oxygens (including phenoxy) is 2. The topological polar surface area (TPSA) is 119 Å². The van der Waals surface area contributed by atoms with Crippen molar-refractivity contribution >= 4 is 19.8 Å². The predicted octanol–water partition coefficient (Wildman–Crippen LogP) is 11.0. The Kier molecular flexibility index (Phi) is 33.0. The molecule has 0 radical (unpaired) electrons. The molecule has 0 rings (SSSR count). The van der Waals surface area contributed by atoms with Gasteiger partial charge in [0, 0.05) is 12.5 Å². The van der Waals surface area contributed by atoms with Gasteiger partial charge in [-0.25, -0.2) is 9.36 Å². The Hall–Kier alpha value is -2.25. The van der Waals surface area contributed by atoms with Gasteiger partial charge >= 0.3 is 19.8 Å². The van der Waals surface area contributed by atoms with Crippen molar-refractivity contribution in [1.82, 2.24) is 0 Å². The number of unbranched alkanes of at least 4 members (excludes halogenated alkanes) is 16. The van der Waals surface area contributed by atoms with E-state index in [2.05, 4.69) is 54.8 Å². The second-order valence-electron chi connectivity index (χ2n) is 12.2. The van der Waals surface area contributed by atoms with Crippen LogP contribution in [0.1, 0.15) is 155 Å². The van der Waals surface area contributed by atoms with Crippen LogP contribution in [0.3, 0.4) is 0 Å². The number of phosphoric ester groups is 1. The first kappa shape index (κ1) is 45.8. The van der Waals surface area contributed by atoms with Crippen molar-refractivity contribution in [1.29, 1.82) is 0 Å². The van der Waals surface area contributed by atoms with Crippen LogP contribution < -0.4 is 0 Å². The first-order valence-corrected chi connectivity index (χ1v) is 20.2. The normalized spacial score (nSPS) is 13.2. The largest absolute Gasteiger partial charge is 0.469 e. The maximum atomic E-state index is 12.3. The van der Waals surface area contributed by atoms with Crippen LogP contribution in [0, 0.1) is 0 Å². The van der Waals surface area contributed by atoms with Crippen LogP contribution in [0.5, 0.6) is 0 Å². The first-order valence-electron chi connectivity index (χ1n) is 18.6. The van der Waals surface area contributed by atoms with E-state index in [0.29, 0.717) is 6.42 Å². The van der Waals surface area contributed by atoms with E-state index in [-0.39, 0.29) is 13.0 Å². The van der Waals surface area contributed by atoms with Gasteiger partial charge in [-0.1, -0.05) is 152 Å². The van der Waals surface area contributed by atoms with Gasteiger partial charge in [0.1, 0.15) is 6.61 Å². The summed E-state index contributed by atoms with van der Waals surface area (Å²) in [5.74, 6) is -1.16. The monoisotopic (exact) mass is 694 g/mol. The van der Waals surface area contributed by atoms with Gasteiger partial charge in [-0.15, -0.1) is 0 Å². The van der Waals surface area contributed by atoms with E-state index in [0.717, 1.165) is 64.2 Å². The van der Waals surface area contributed by atoms with Crippen molar-refractivity contribution in [2.75, 3.05) is 13.2 Å². The lowest BCUT2D eigenvalue weighted by Gasteiger charge is -2.18. The van der Waals surface area contributed by atoms with Crippen LogP contribution in [0.4, 0.5) is 0 Å². The number of phosphoric acid groups is 1. The summed E-state index contributed by atoms with van der Waals surface area (Å²) in [4.78, 5) is 42.5. The molecule has 0 bridgehead atoms. The molecule has 0 aromatic carbocycles. The van der Waals surface area contributed by atoms with Gasteiger partial charge in [0.2, 0.25) is 0 Å². The summed E-state index contributed by atoms with van der Waals surface area (Å²) in [5.41, 5.74) is 0. The summed E-state index contributed by atoms with van der Waals surface area (Å²) in [7, 11) is -4.78. The molecule has 0 aliphatic carbocycles. The number of carbonyl (C=O) groups excluding carboxylic acids is 2. The summed E-state index contributed by atoms with van der Waals surface area (Å²) in [6.45, 7) is 3.43. The summed E-state index contributed by atoms with van der Waals surface area (Å²) >= 11 is 0. The molecule has 0 heterocycles. The summed E-state index contributed by atoms with van der Waals surface area (Å²) in [6, 6.07) is 0. The zero-order valence-corrected chi connectivity index (χ0v) is 31.0. The van der Waals surface area contributed by atoms with Crippen molar-refractivity contribution in [3.8, 4) is 0 Å². The average Bonchev–Trinajstić information content (AvgIpc) is 3.05. The fourth-order valence-corrected chi connectivity index (χ4v) is 5.25. The molecule has 0 unspecified atom stereocenters. The Morgan fingerprint density at radius 1 is 0.625 bits per heavy atom. The number of carbonyl (C=O) groups is 2. The fourth-order valence-electron chi connectivity index (χ4n) is 4.89. The minimum Gasteiger partial charge on any atom is -0.458 e. The molecule has 0 aliphatic heterocycles. The van der Waals surface area contributed by atoms with Crippen molar-refractivity contribution < 1.29 is 37.9 Å². The van der Waals surface area contributed by atoms with Crippen molar-refractivity contribution in [3.05, 3.63) is 60.8 Å². The van der Waals surface area contributed by atoms with Crippen LogP contribution in [0.2, 0.25) is 0 Å². The number of hydrogen-bond donors (Lipinski definition) is 2. The molecule has 8 nitrogen and oxygen atoms in total. The molecule has 9 heteroatoms. The van der Waals surface area contributed by atoms with Gasteiger partial charge in [-0.2, -0.15) is 0 Å². The Morgan fingerprint density at radius 2 is 1.15 bits per heavy atom. The number of hydrogen-bond acceptors (Lipinski definition) is 6. The van der Waals surface area contributed by atoms with Gasteiger partial charge < -0.3 is 19.3 Å². The second-order valence-corrected chi connectivity index (χ2v) is 13.5. The highest BCUT2D eigenvalue weighted by molar-refractivity contribution is 7.46. The molecule has 0 saturated heterocycles. The third-order valence-electron chi connectivity index (χ3n) is 7.62. The van der Waals surface area contributed by atoms with E-state index in [9.17, 15) is 14.2 Å². The summed E-state index contributed by atoms with van der Waals surface area (Å²) in [5, 5.41) is 0. The summed E-state index contributed by atoms with van der Waals surface area (Å²) < 4.78 is 26.1. The van der Waals surface area contributed by atoms with Crippen LogP contribution in [0.25, 0.3) is 0 Å². The molecule has 0 aliphatic rings. The standard InChI is InChI=1S/C39H67O8P/c1-3-5-7-9-11-13-15-17-19-21-23-25-27-29-31-33-38(40)45-35-37(36-46-48(42,43)44)47-39(41)34-32-30-28-26-24-22-20-18-16-14-12-10-8-6-4-2/h6,8,12,14,18,20,27,29,31,33,37H,3-5,7,9-11,13,15-17,19,21-26,28,30,32,34-36H2,1-2H3,(H2,42,43,44)/b8-6+,14-12+,20-18+,29-27+,33-31+/t37-/m1/s1. The van der Waals surface area contributed by atoms with E-state index >= 15 is 0 Å². The minimum absolute atomic E-state index is 0.170. The minimum atomic E-state index is -4.78. The molecule has 0 aromatic rings. The molecule has 0 aromatic heterocycles. The van der Waals surface area contributed by atoms with Crippen molar-refractivity contribution in [2.45, 2.75) is 161 Å². The van der Waals surface area contributed by atoms with Gasteiger partial charge in [0.05, 0.1) is 6.61 Å². The fraction of sp³-hybridized carbons (Fsp3) is 0.692. The molecule has 0 amide bonds.